The molecule has 1 aromatic carbocycles. The first-order valence-corrected chi connectivity index (χ1v) is 10.1. The molecule has 8 nitrogen and oxygen atoms in total. The molecule has 2 aromatic rings. The Balaban J connectivity index is 1.75. The number of nitrogens with two attached hydrogens (primary N) is 2. The predicted octanol–water partition coefficient (Wildman–Crippen LogP) is 3.19. The van der Waals surface area contributed by atoms with Gasteiger partial charge in [0.15, 0.2) is 0 Å². The van der Waals surface area contributed by atoms with Crippen LogP contribution in [-0.4, -0.2) is 35.9 Å². The summed E-state index contributed by atoms with van der Waals surface area (Å²) in [6.45, 7) is 8.16. The van der Waals surface area contributed by atoms with Gasteiger partial charge in [0.2, 0.25) is 0 Å². The highest BCUT2D eigenvalue weighted by Crippen LogP contribution is 2.39. The molecule has 0 aliphatic carbocycles. The van der Waals surface area contributed by atoms with Crippen molar-refractivity contribution < 1.29 is 18.8 Å². The Morgan fingerprint density at radius 1 is 1.13 bits per heavy atom. The number of nitrogen functional groups attached to an aromatic ring is 2. The van der Waals surface area contributed by atoms with Gasteiger partial charge < -0.3 is 30.8 Å². The molecule has 1 aliphatic rings. The number of hydrogen-bond acceptors (Lipinski definition) is 7. The first-order valence-electron chi connectivity index (χ1n) is 10.1. The van der Waals surface area contributed by atoms with E-state index in [2.05, 4.69) is 10.3 Å². The van der Waals surface area contributed by atoms with Crippen LogP contribution in [0.4, 0.5) is 16.2 Å². The van der Waals surface area contributed by atoms with Crippen molar-refractivity contribution in [3.05, 3.63) is 59.3 Å². The van der Waals surface area contributed by atoms with Gasteiger partial charge >= 0.3 is 13.2 Å². The van der Waals surface area contributed by atoms with Crippen LogP contribution in [0, 0.1) is 0 Å². The number of carbonyl (C=O) groups excluding carboxylic acids is 1. The summed E-state index contributed by atoms with van der Waals surface area (Å²) in [5.41, 5.74) is 13.9. The van der Waals surface area contributed by atoms with Gasteiger partial charge in [-0.2, -0.15) is 0 Å². The number of ether oxygens (including phenoxy) is 1. The largest absolute Gasteiger partial charge is 0.492 e. The van der Waals surface area contributed by atoms with E-state index in [0.717, 1.165) is 5.56 Å². The van der Waals surface area contributed by atoms with Gasteiger partial charge in [-0.15, -0.1) is 0 Å². The number of alkyl carbamates (subject to hydrolysis) is 1. The minimum atomic E-state index is -0.680. The normalized spacial score (nSPS) is 17.4. The van der Waals surface area contributed by atoms with E-state index in [1.165, 1.54) is 6.20 Å². The second-order valence-electron chi connectivity index (χ2n) is 8.45. The van der Waals surface area contributed by atoms with Gasteiger partial charge in [0.05, 0.1) is 28.8 Å². The molecular weight excluding hydrogens is 395 g/mol. The van der Waals surface area contributed by atoms with E-state index in [0.29, 0.717) is 22.4 Å². The highest BCUT2D eigenvalue weighted by Gasteiger charge is 2.52. The van der Waals surface area contributed by atoms with Crippen LogP contribution in [-0.2, 0) is 20.7 Å². The Bertz CT molecular complexity index is 947. The number of rotatable bonds is 6. The predicted molar refractivity (Wildman–Crippen MR) is 122 cm³/mol. The molecule has 0 spiro atoms. The second-order valence-corrected chi connectivity index (χ2v) is 8.45. The SMILES string of the molecule is CC1(C)OB(C(=Cc2cncc(N)c2N)CNC(=O)OCc2ccccc2)OC1(C)C. The smallest absolute Gasteiger partial charge is 0.445 e. The lowest BCUT2D eigenvalue weighted by Gasteiger charge is -2.32. The summed E-state index contributed by atoms with van der Waals surface area (Å²) in [5, 5.41) is 2.76. The van der Waals surface area contributed by atoms with E-state index in [-0.39, 0.29) is 13.2 Å². The summed E-state index contributed by atoms with van der Waals surface area (Å²) in [4.78, 5) is 16.4. The monoisotopic (exact) mass is 424 g/mol. The molecule has 1 aromatic heterocycles. The number of hydrogen-bond donors (Lipinski definition) is 3. The van der Waals surface area contributed by atoms with Crippen LogP contribution in [0.15, 0.2) is 48.2 Å². The number of nitrogens with zero attached hydrogens (tertiary/aromatic N) is 1. The zero-order valence-electron chi connectivity index (χ0n) is 18.3. The number of carbonyl (C=O) groups is 1. The Hall–Kier alpha value is -3.04. The van der Waals surface area contributed by atoms with Crippen LogP contribution in [0.25, 0.3) is 6.08 Å². The lowest BCUT2D eigenvalue weighted by molar-refractivity contribution is 0.00578. The fraction of sp³-hybridized carbons (Fsp3) is 0.364. The van der Waals surface area contributed by atoms with Crippen molar-refractivity contribution >= 4 is 30.7 Å². The van der Waals surface area contributed by atoms with Gasteiger partial charge in [0, 0.05) is 18.3 Å². The van der Waals surface area contributed by atoms with Crippen molar-refractivity contribution in [2.24, 2.45) is 0 Å². The Labute approximate surface area is 183 Å². The molecule has 3 rings (SSSR count). The van der Waals surface area contributed by atoms with Gasteiger partial charge in [-0.25, -0.2) is 4.79 Å². The topological polar surface area (TPSA) is 122 Å². The lowest BCUT2D eigenvalue weighted by Crippen LogP contribution is -2.41. The van der Waals surface area contributed by atoms with Crippen molar-refractivity contribution in [2.45, 2.75) is 45.5 Å². The van der Waals surface area contributed by atoms with Gasteiger partial charge in [0.1, 0.15) is 6.61 Å². The Morgan fingerprint density at radius 3 is 2.42 bits per heavy atom. The zero-order valence-corrected chi connectivity index (χ0v) is 18.3. The molecule has 0 radical (unpaired) electrons. The molecule has 0 atom stereocenters. The van der Waals surface area contributed by atoms with E-state index in [1.54, 1.807) is 12.3 Å². The fourth-order valence-electron chi connectivity index (χ4n) is 2.96. The molecule has 31 heavy (non-hydrogen) atoms. The molecule has 5 N–H and O–H groups in total. The first kappa shape index (κ1) is 22.6. The van der Waals surface area contributed by atoms with Gasteiger partial charge in [0.25, 0.3) is 0 Å². The van der Waals surface area contributed by atoms with Crippen molar-refractivity contribution in [1.29, 1.82) is 0 Å². The third-order valence-electron chi connectivity index (χ3n) is 5.60. The van der Waals surface area contributed by atoms with Crippen molar-refractivity contribution in [2.75, 3.05) is 18.0 Å². The molecule has 1 fully saturated rings. The van der Waals surface area contributed by atoms with Crippen LogP contribution in [0.5, 0.6) is 0 Å². The maximum Gasteiger partial charge on any atom is 0.492 e. The van der Waals surface area contributed by atoms with Crippen LogP contribution < -0.4 is 16.8 Å². The van der Waals surface area contributed by atoms with Crippen molar-refractivity contribution in [1.82, 2.24) is 10.3 Å². The summed E-state index contributed by atoms with van der Waals surface area (Å²) in [7, 11) is -0.680. The van der Waals surface area contributed by atoms with E-state index in [1.807, 2.05) is 58.0 Å². The standard InChI is InChI=1S/C22H29BN4O4/c1-21(2)22(3,4)31-23(30-21)17(10-16-11-26-13-18(24)19(16)25)12-27-20(28)29-14-15-8-6-5-7-9-15/h5-11,13H,12,14,24H2,1-4H3,(H2,25,26)(H,27,28). The van der Waals surface area contributed by atoms with E-state index in [9.17, 15) is 4.79 Å². The average molecular weight is 424 g/mol. The van der Waals surface area contributed by atoms with Crippen molar-refractivity contribution in [3.63, 3.8) is 0 Å². The maximum atomic E-state index is 12.3. The molecule has 9 heteroatoms. The van der Waals surface area contributed by atoms with E-state index < -0.39 is 24.4 Å². The molecule has 164 valence electrons. The summed E-state index contributed by atoms with van der Waals surface area (Å²) in [5.74, 6) is 0. The summed E-state index contributed by atoms with van der Waals surface area (Å²) >= 11 is 0. The van der Waals surface area contributed by atoms with Crippen LogP contribution in [0.2, 0.25) is 0 Å². The number of aromatic nitrogens is 1. The van der Waals surface area contributed by atoms with Gasteiger partial charge in [-0.05, 0) is 38.7 Å². The molecule has 0 bridgehead atoms. The quantitative estimate of drug-likeness (QED) is 0.609. The number of amides is 1. The highest BCUT2D eigenvalue weighted by molar-refractivity contribution is 6.56. The van der Waals surface area contributed by atoms with E-state index in [4.69, 9.17) is 25.5 Å². The van der Waals surface area contributed by atoms with Crippen LogP contribution in [0.3, 0.4) is 0 Å². The lowest BCUT2D eigenvalue weighted by atomic mass is 9.77. The summed E-state index contributed by atoms with van der Waals surface area (Å²) < 4.78 is 17.6. The third-order valence-corrected chi connectivity index (χ3v) is 5.60. The molecular formula is C22H29BN4O4. The molecule has 0 unspecified atom stereocenters. The Kier molecular flexibility index (Phi) is 6.57. The zero-order chi connectivity index (χ0) is 22.6. The van der Waals surface area contributed by atoms with Crippen molar-refractivity contribution in [3.8, 4) is 0 Å². The minimum Gasteiger partial charge on any atom is -0.445 e. The number of nitrogens with one attached hydrogen (secondary N) is 1. The first-order chi connectivity index (χ1) is 14.6. The number of anilines is 2. The second kappa shape index (κ2) is 8.99. The number of benzene rings is 1. The molecule has 0 saturated carbocycles. The third kappa shape index (κ3) is 5.37. The number of pyridine rings is 1. The minimum absolute atomic E-state index is 0.138. The fourth-order valence-corrected chi connectivity index (χ4v) is 2.96. The Morgan fingerprint density at radius 2 is 1.77 bits per heavy atom. The van der Waals surface area contributed by atoms with Crippen LogP contribution >= 0.6 is 0 Å². The summed E-state index contributed by atoms with van der Waals surface area (Å²) in [6.07, 6.45) is 4.31. The molecule has 1 saturated heterocycles. The van der Waals surface area contributed by atoms with Crippen LogP contribution in [0.1, 0.15) is 38.8 Å². The maximum absolute atomic E-state index is 12.3. The van der Waals surface area contributed by atoms with Gasteiger partial charge in [-0.1, -0.05) is 36.4 Å². The molecule has 1 amide bonds. The highest BCUT2D eigenvalue weighted by atomic mass is 16.7. The van der Waals surface area contributed by atoms with E-state index >= 15 is 0 Å². The average Bonchev–Trinajstić information content (AvgIpc) is 2.94. The summed E-state index contributed by atoms with van der Waals surface area (Å²) in [6, 6.07) is 9.46. The van der Waals surface area contributed by atoms with Gasteiger partial charge in [-0.3, -0.25) is 4.98 Å². The molecule has 1 aliphatic heterocycles. The molecule has 2 heterocycles.